The topological polar surface area (TPSA) is 216 Å². The van der Waals surface area contributed by atoms with Gasteiger partial charge in [0.2, 0.25) is 0 Å². The second-order valence-electron chi connectivity index (χ2n) is 18.1. The van der Waals surface area contributed by atoms with Crippen LogP contribution in [0.1, 0.15) is 98.8 Å². The first kappa shape index (κ1) is 40.8. The van der Waals surface area contributed by atoms with E-state index >= 15 is 0 Å². The molecule has 0 radical (unpaired) electrons. The Kier molecular flexibility index (Phi) is 12.5. The lowest BCUT2D eigenvalue weighted by Crippen LogP contribution is -2.64. The van der Waals surface area contributed by atoms with Crippen molar-refractivity contribution in [3.05, 3.63) is 0 Å². The van der Waals surface area contributed by atoms with Crippen LogP contribution in [0.2, 0.25) is 0 Å². The van der Waals surface area contributed by atoms with Gasteiger partial charge in [0, 0.05) is 18.9 Å². The van der Waals surface area contributed by atoms with E-state index in [9.17, 15) is 45.6 Å². The fourth-order valence-corrected chi connectivity index (χ4v) is 11.9. The number of aliphatic hydroxyl groups excluding tert-OH is 8. The summed E-state index contributed by atoms with van der Waals surface area (Å²) in [5.41, 5.74) is -0.137. The minimum atomic E-state index is -1.66. The molecule has 300 valence electrons. The molecule has 0 bridgehead atoms. The zero-order valence-electron chi connectivity index (χ0n) is 31.6. The lowest BCUT2D eigenvalue weighted by molar-refractivity contribution is -0.370. The lowest BCUT2D eigenvalue weighted by atomic mass is 9.44. The van der Waals surface area contributed by atoms with Crippen LogP contribution in [0.15, 0.2) is 0 Å². The Labute approximate surface area is 308 Å². The number of ketones is 1. The zero-order valence-corrected chi connectivity index (χ0v) is 31.6. The second-order valence-corrected chi connectivity index (χ2v) is 18.1. The number of carbonyl (C=O) groups is 1. The van der Waals surface area contributed by atoms with E-state index in [0.29, 0.717) is 49.4 Å². The van der Waals surface area contributed by atoms with E-state index in [-0.39, 0.29) is 41.0 Å². The number of ether oxygens (including phenoxy) is 4. The number of Topliss-reactive ketones (excluding diaryl/α,β-unsaturated/α-hetero) is 1. The Bertz CT molecular complexity index is 1220. The SMILES string of the molecule is CC(CO)CCC(O)[C@@H](C)[C@H]1CCC2C3CC(=O)C4C[C@@H](O[C@@H]5O[C@H](CO)[C@@H](O)[C@H](O)[C@H]5O[C@@H]5O[C@@H](C)[C@H](O)[C@@H](O)[C@H]5O)CC[C@]4(C)C3CC[C@@]21C. The first-order chi connectivity index (χ1) is 24.5. The Balaban J connectivity index is 1.13. The van der Waals surface area contributed by atoms with Crippen molar-refractivity contribution in [3.8, 4) is 0 Å². The summed E-state index contributed by atoms with van der Waals surface area (Å²) >= 11 is 0. The van der Waals surface area contributed by atoms with E-state index < -0.39 is 80.2 Å². The van der Waals surface area contributed by atoms with Crippen LogP contribution in [0.4, 0.5) is 0 Å². The molecule has 0 spiro atoms. The first-order valence-corrected chi connectivity index (χ1v) is 20.0. The monoisotopic (exact) mass is 742 g/mol. The van der Waals surface area contributed by atoms with Crippen LogP contribution in [-0.2, 0) is 23.7 Å². The van der Waals surface area contributed by atoms with Crippen LogP contribution in [-0.4, -0.2) is 133 Å². The third-order valence-corrected chi connectivity index (χ3v) is 15.2. The summed E-state index contributed by atoms with van der Waals surface area (Å²) in [7, 11) is 0. The van der Waals surface area contributed by atoms with Crippen LogP contribution >= 0.6 is 0 Å². The van der Waals surface area contributed by atoms with Crippen molar-refractivity contribution >= 4 is 5.78 Å². The number of hydrogen-bond donors (Lipinski definition) is 8. The molecule has 6 unspecified atom stereocenters. The van der Waals surface area contributed by atoms with Gasteiger partial charge in [0.15, 0.2) is 12.6 Å². The molecule has 6 fully saturated rings. The fraction of sp³-hybridized carbons (Fsp3) is 0.974. The summed E-state index contributed by atoms with van der Waals surface area (Å²) in [6, 6.07) is 0. The summed E-state index contributed by atoms with van der Waals surface area (Å²) in [5, 5.41) is 83.4. The highest BCUT2D eigenvalue weighted by molar-refractivity contribution is 5.83. The normalized spacial score (nSPS) is 51.2. The quantitative estimate of drug-likeness (QED) is 0.140. The number of aliphatic hydroxyl groups is 8. The molecule has 13 nitrogen and oxygen atoms in total. The van der Waals surface area contributed by atoms with Gasteiger partial charge in [-0.25, -0.2) is 0 Å². The van der Waals surface area contributed by atoms with Gasteiger partial charge in [-0.15, -0.1) is 0 Å². The van der Waals surface area contributed by atoms with Crippen molar-refractivity contribution in [1.82, 2.24) is 0 Å². The summed E-state index contributed by atoms with van der Waals surface area (Å²) in [5.74, 6) is 1.86. The molecule has 21 atom stereocenters. The highest BCUT2D eigenvalue weighted by atomic mass is 16.8. The molecule has 0 amide bonds. The summed E-state index contributed by atoms with van der Waals surface area (Å²) in [6.45, 7) is 9.93. The molecule has 2 heterocycles. The number of rotatable bonds is 11. The smallest absolute Gasteiger partial charge is 0.187 e. The van der Waals surface area contributed by atoms with Crippen molar-refractivity contribution in [1.29, 1.82) is 0 Å². The molecular weight excluding hydrogens is 676 g/mol. The molecular formula is C39H66O13. The zero-order chi connectivity index (χ0) is 37.9. The van der Waals surface area contributed by atoms with Crippen LogP contribution in [0.3, 0.4) is 0 Å². The number of fused-ring (bicyclic) bond motifs is 5. The highest BCUT2D eigenvalue weighted by Crippen LogP contribution is 2.68. The van der Waals surface area contributed by atoms with E-state index in [2.05, 4.69) is 20.8 Å². The van der Waals surface area contributed by atoms with E-state index in [0.717, 1.165) is 38.5 Å². The maximum Gasteiger partial charge on any atom is 0.187 e. The minimum absolute atomic E-state index is 0.0669. The molecule has 2 saturated heterocycles. The van der Waals surface area contributed by atoms with Crippen molar-refractivity contribution < 1.29 is 64.6 Å². The summed E-state index contributed by atoms with van der Waals surface area (Å²) < 4.78 is 23.9. The third-order valence-electron chi connectivity index (χ3n) is 15.2. The van der Waals surface area contributed by atoms with Gasteiger partial charge in [0.1, 0.15) is 48.5 Å². The molecule has 2 aliphatic heterocycles. The van der Waals surface area contributed by atoms with Gasteiger partial charge in [0.05, 0.1) is 24.9 Å². The van der Waals surface area contributed by atoms with Crippen molar-refractivity contribution in [3.63, 3.8) is 0 Å². The molecule has 52 heavy (non-hydrogen) atoms. The Morgan fingerprint density at radius 1 is 0.808 bits per heavy atom. The van der Waals surface area contributed by atoms with E-state index in [4.69, 9.17) is 18.9 Å². The standard InChI is InChI=1S/C39H66O13/c1-18(16-40)6-9-27(42)19(2)23-7-8-24-22-15-28(43)26-14-21(10-12-39(26,5)25(22)11-13-38(23,24)4)50-37-35(33(47)31(45)29(17-41)51-37)52-36-34(48)32(46)30(44)20(3)49-36/h18-27,29-37,40-42,44-48H,6-17H2,1-5H3/t18?,19-,20-,21-,22?,23+,24?,25?,26?,27?,29+,30-,31+,32+,33-,34+,35+,36-,37+,38+,39+/m0/s1. The van der Waals surface area contributed by atoms with Gasteiger partial charge in [-0.1, -0.05) is 27.7 Å². The van der Waals surface area contributed by atoms with Gasteiger partial charge in [-0.2, -0.15) is 0 Å². The molecule has 0 aromatic heterocycles. The van der Waals surface area contributed by atoms with Gasteiger partial charge >= 0.3 is 0 Å². The largest absolute Gasteiger partial charge is 0.396 e. The third kappa shape index (κ3) is 7.29. The lowest BCUT2D eigenvalue weighted by Gasteiger charge is -2.60. The molecule has 6 aliphatic rings. The Hall–Kier alpha value is -0.810. The molecule has 4 saturated carbocycles. The predicted octanol–water partition coefficient (Wildman–Crippen LogP) is 1.27. The van der Waals surface area contributed by atoms with Crippen molar-refractivity contribution in [2.75, 3.05) is 13.2 Å². The van der Waals surface area contributed by atoms with E-state index in [1.807, 2.05) is 6.92 Å². The average Bonchev–Trinajstić information content (AvgIpc) is 3.48. The second kappa shape index (κ2) is 16.0. The summed E-state index contributed by atoms with van der Waals surface area (Å²) in [6.07, 6.45) is -6.68. The highest BCUT2D eigenvalue weighted by Gasteiger charge is 2.63. The van der Waals surface area contributed by atoms with Crippen molar-refractivity contribution in [2.45, 2.75) is 172 Å². The van der Waals surface area contributed by atoms with E-state index in [1.54, 1.807) is 0 Å². The summed E-state index contributed by atoms with van der Waals surface area (Å²) in [4.78, 5) is 14.2. The van der Waals surface area contributed by atoms with Crippen LogP contribution in [0, 0.1) is 52.3 Å². The molecule has 0 aromatic rings. The van der Waals surface area contributed by atoms with Gasteiger partial charge in [-0.3, -0.25) is 4.79 Å². The fourth-order valence-electron chi connectivity index (χ4n) is 11.9. The Morgan fingerprint density at radius 2 is 1.50 bits per heavy atom. The van der Waals surface area contributed by atoms with Crippen LogP contribution in [0.5, 0.6) is 0 Å². The first-order valence-electron chi connectivity index (χ1n) is 20.0. The maximum absolute atomic E-state index is 14.2. The predicted molar refractivity (Wildman–Crippen MR) is 186 cm³/mol. The molecule has 6 rings (SSSR count). The number of carbonyl (C=O) groups excluding carboxylic acids is 1. The van der Waals surface area contributed by atoms with Crippen molar-refractivity contribution in [2.24, 2.45) is 52.3 Å². The van der Waals surface area contributed by atoms with Gasteiger partial charge in [-0.05, 0) is 111 Å². The minimum Gasteiger partial charge on any atom is -0.396 e. The molecule has 8 N–H and O–H groups in total. The average molecular weight is 743 g/mol. The van der Waals surface area contributed by atoms with Gasteiger partial charge < -0.3 is 59.8 Å². The van der Waals surface area contributed by atoms with Crippen LogP contribution in [0.25, 0.3) is 0 Å². The maximum atomic E-state index is 14.2. The van der Waals surface area contributed by atoms with E-state index in [1.165, 1.54) is 6.92 Å². The Morgan fingerprint density at radius 3 is 2.19 bits per heavy atom. The molecule has 13 heteroatoms. The van der Waals surface area contributed by atoms with Crippen LogP contribution < -0.4 is 0 Å². The molecule has 0 aromatic carbocycles. The molecule has 4 aliphatic carbocycles. The van der Waals surface area contributed by atoms with Gasteiger partial charge in [0.25, 0.3) is 0 Å². The number of hydrogen-bond acceptors (Lipinski definition) is 13.